The van der Waals surface area contributed by atoms with Gasteiger partial charge in [-0.3, -0.25) is 4.79 Å². The van der Waals surface area contributed by atoms with Gasteiger partial charge in [0.15, 0.2) is 11.5 Å². The molecule has 2 heterocycles. The molecule has 0 unspecified atom stereocenters. The zero-order valence-electron chi connectivity index (χ0n) is 14.1. The molecule has 2 aromatic heterocycles. The van der Waals surface area contributed by atoms with E-state index in [0.29, 0.717) is 18.7 Å². The van der Waals surface area contributed by atoms with Gasteiger partial charge in [-0.15, -0.1) is 0 Å². The van der Waals surface area contributed by atoms with E-state index in [1.54, 1.807) is 0 Å². The Labute approximate surface area is 135 Å². The second kappa shape index (κ2) is 6.03. The van der Waals surface area contributed by atoms with Crippen molar-refractivity contribution in [3.05, 3.63) is 62.4 Å². The predicted octanol–water partition coefficient (Wildman–Crippen LogP) is 3.79. The molecule has 0 radical (unpaired) electrons. The second-order valence-electron chi connectivity index (χ2n) is 6.11. The number of hydrogen-bond acceptors (Lipinski definition) is 3. The molecule has 0 saturated heterocycles. The first-order valence-electron chi connectivity index (χ1n) is 8.07. The average molecular weight is 310 g/mol. The highest BCUT2D eigenvalue weighted by Gasteiger charge is 2.12. The number of nitrogens with one attached hydrogen (secondary N) is 1. The molecule has 0 amide bonds. The van der Waals surface area contributed by atoms with Crippen LogP contribution in [0.1, 0.15) is 40.8 Å². The van der Waals surface area contributed by atoms with E-state index in [1.165, 1.54) is 5.56 Å². The summed E-state index contributed by atoms with van der Waals surface area (Å²) in [5.41, 5.74) is 6.90. The van der Waals surface area contributed by atoms with E-state index in [1.807, 2.05) is 32.9 Å². The normalized spacial score (nSPS) is 11.3. The first kappa shape index (κ1) is 15.5. The van der Waals surface area contributed by atoms with Crippen molar-refractivity contribution >= 4 is 11.1 Å². The number of fused-ring (bicyclic) bond motifs is 1. The maximum Gasteiger partial charge on any atom is 0.251 e. The summed E-state index contributed by atoms with van der Waals surface area (Å²) < 4.78 is 5.90. The Morgan fingerprint density at radius 3 is 2.52 bits per heavy atom. The van der Waals surface area contributed by atoms with Crippen LogP contribution in [-0.4, -0.2) is 9.97 Å². The Morgan fingerprint density at radius 1 is 1.09 bits per heavy atom. The molecule has 4 nitrogen and oxygen atoms in total. The number of oxazole rings is 1. The van der Waals surface area contributed by atoms with Crippen LogP contribution < -0.4 is 5.56 Å². The van der Waals surface area contributed by atoms with Gasteiger partial charge < -0.3 is 9.40 Å². The van der Waals surface area contributed by atoms with Crippen molar-refractivity contribution in [2.45, 2.75) is 47.0 Å². The summed E-state index contributed by atoms with van der Waals surface area (Å²) in [6.07, 6.45) is 2.17. The smallest absolute Gasteiger partial charge is 0.251 e. The Kier molecular flexibility index (Phi) is 4.07. The lowest BCUT2D eigenvalue weighted by Crippen LogP contribution is -2.16. The van der Waals surface area contributed by atoms with Gasteiger partial charge in [0, 0.05) is 17.7 Å². The largest absolute Gasteiger partial charge is 0.440 e. The quantitative estimate of drug-likeness (QED) is 0.797. The summed E-state index contributed by atoms with van der Waals surface area (Å²) in [4.78, 5) is 19.6. The van der Waals surface area contributed by atoms with Crippen LogP contribution in [0.15, 0.2) is 27.4 Å². The highest BCUT2D eigenvalue weighted by Crippen LogP contribution is 2.23. The molecule has 0 bridgehead atoms. The fraction of sp³-hybridized carbons (Fsp3) is 0.368. The topological polar surface area (TPSA) is 58.9 Å². The molecule has 0 aliphatic rings. The van der Waals surface area contributed by atoms with E-state index in [4.69, 9.17) is 4.42 Å². The minimum Gasteiger partial charge on any atom is -0.440 e. The molecule has 120 valence electrons. The standard InChI is InChI=1S/C19H22N2O2/c1-5-14-10-15(19(22)20-13(14)4)8-9-16-21-17-11(2)6-7-12(3)18(17)23-16/h6-7,10H,5,8-9H2,1-4H3,(H,20,22). The fourth-order valence-electron chi connectivity index (χ4n) is 2.92. The van der Waals surface area contributed by atoms with Crippen LogP contribution in [0.3, 0.4) is 0 Å². The van der Waals surface area contributed by atoms with Gasteiger partial charge in [0.2, 0.25) is 0 Å². The third kappa shape index (κ3) is 2.93. The van der Waals surface area contributed by atoms with Crippen LogP contribution in [0, 0.1) is 20.8 Å². The van der Waals surface area contributed by atoms with Crippen molar-refractivity contribution in [2.75, 3.05) is 0 Å². The highest BCUT2D eigenvalue weighted by atomic mass is 16.3. The first-order chi connectivity index (χ1) is 11.0. The van der Waals surface area contributed by atoms with E-state index < -0.39 is 0 Å². The van der Waals surface area contributed by atoms with Crippen molar-refractivity contribution in [1.29, 1.82) is 0 Å². The molecule has 0 aliphatic heterocycles. The number of aromatic nitrogens is 2. The summed E-state index contributed by atoms with van der Waals surface area (Å²) in [5.74, 6) is 0.690. The van der Waals surface area contributed by atoms with E-state index in [9.17, 15) is 4.79 Å². The van der Waals surface area contributed by atoms with Gasteiger partial charge >= 0.3 is 0 Å². The van der Waals surface area contributed by atoms with E-state index in [-0.39, 0.29) is 5.56 Å². The third-order valence-corrected chi connectivity index (χ3v) is 4.40. The van der Waals surface area contributed by atoms with Gasteiger partial charge in [-0.25, -0.2) is 4.98 Å². The first-order valence-corrected chi connectivity index (χ1v) is 8.07. The fourth-order valence-corrected chi connectivity index (χ4v) is 2.92. The third-order valence-electron chi connectivity index (χ3n) is 4.40. The minimum absolute atomic E-state index is 0.0110. The maximum atomic E-state index is 12.1. The Morgan fingerprint density at radius 2 is 1.83 bits per heavy atom. The minimum atomic E-state index is -0.0110. The Balaban J connectivity index is 1.88. The summed E-state index contributed by atoms with van der Waals surface area (Å²) in [7, 11) is 0. The number of aromatic amines is 1. The van der Waals surface area contributed by atoms with Crippen molar-refractivity contribution in [3.63, 3.8) is 0 Å². The monoisotopic (exact) mass is 310 g/mol. The molecular weight excluding hydrogens is 288 g/mol. The molecule has 0 aliphatic carbocycles. The molecule has 0 atom stereocenters. The molecular formula is C19H22N2O2. The zero-order chi connectivity index (χ0) is 16.6. The lowest BCUT2D eigenvalue weighted by atomic mass is 10.1. The van der Waals surface area contributed by atoms with Gasteiger partial charge in [0.25, 0.3) is 5.56 Å². The molecule has 1 aromatic carbocycles. The molecule has 23 heavy (non-hydrogen) atoms. The number of rotatable bonds is 4. The number of benzene rings is 1. The van der Waals surface area contributed by atoms with E-state index >= 15 is 0 Å². The molecule has 4 heteroatoms. The summed E-state index contributed by atoms with van der Waals surface area (Å²) in [6, 6.07) is 6.11. The van der Waals surface area contributed by atoms with Crippen LogP contribution >= 0.6 is 0 Å². The number of aryl methyl sites for hydroxylation is 6. The van der Waals surface area contributed by atoms with E-state index in [2.05, 4.69) is 23.0 Å². The molecule has 0 saturated carbocycles. The SMILES string of the molecule is CCc1cc(CCc2nc3c(C)ccc(C)c3o2)c(=O)[nH]c1C. The van der Waals surface area contributed by atoms with Crippen molar-refractivity contribution < 1.29 is 4.42 Å². The van der Waals surface area contributed by atoms with Crippen molar-refractivity contribution in [3.8, 4) is 0 Å². The summed E-state index contributed by atoms with van der Waals surface area (Å²) in [6.45, 7) is 8.09. The van der Waals surface area contributed by atoms with Gasteiger partial charge in [-0.2, -0.15) is 0 Å². The van der Waals surface area contributed by atoms with Gasteiger partial charge in [-0.1, -0.05) is 19.1 Å². The van der Waals surface area contributed by atoms with Gasteiger partial charge in [-0.05, 0) is 56.4 Å². The zero-order valence-corrected chi connectivity index (χ0v) is 14.1. The molecule has 1 N–H and O–H groups in total. The molecule has 0 spiro atoms. The predicted molar refractivity (Wildman–Crippen MR) is 92.1 cm³/mol. The Hall–Kier alpha value is -2.36. The van der Waals surface area contributed by atoms with Crippen LogP contribution in [-0.2, 0) is 19.3 Å². The Bertz CT molecular complexity index is 880. The highest BCUT2D eigenvalue weighted by molar-refractivity contribution is 5.79. The number of pyridine rings is 1. The second-order valence-corrected chi connectivity index (χ2v) is 6.11. The van der Waals surface area contributed by atoms with Crippen molar-refractivity contribution in [1.82, 2.24) is 9.97 Å². The summed E-state index contributed by atoms with van der Waals surface area (Å²) >= 11 is 0. The van der Waals surface area contributed by atoms with Crippen molar-refractivity contribution in [2.24, 2.45) is 0 Å². The van der Waals surface area contributed by atoms with E-state index in [0.717, 1.165) is 39.9 Å². The lowest BCUT2D eigenvalue weighted by Gasteiger charge is -2.05. The molecule has 3 rings (SSSR count). The average Bonchev–Trinajstić information content (AvgIpc) is 2.96. The van der Waals surface area contributed by atoms with Gasteiger partial charge in [0.05, 0.1) is 0 Å². The van der Waals surface area contributed by atoms with Crippen LogP contribution in [0.2, 0.25) is 0 Å². The van der Waals surface area contributed by atoms with Crippen LogP contribution in [0.5, 0.6) is 0 Å². The molecule has 0 fully saturated rings. The maximum absolute atomic E-state index is 12.1. The number of H-pyrrole nitrogens is 1. The lowest BCUT2D eigenvalue weighted by molar-refractivity contribution is 0.526. The van der Waals surface area contributed by atoms with Crippen LogP contribution in [0.25, 0.3) is 11.1 Å². The number of hydrogen-bond donors (Lipinski definition) is 1. The van der Waals surface area contributed by atoms with Crippen LogP contribution in [0.4, 0.5) is 0 Å². The molecule has 3 aromatic rings. The van der Waals surface area contributed by atoms with Gasteiger partial charge in [0.1, 0.15) is 5.52 Å². The number of nitrogens with zero attached hydrogens (tertiary/aromatic N) is 1. The summed E-state index contributed by atoms with van der Waals surface area (Å²) in [5, 5.41) is 0.